The van der Waals surface area contributed by atoms with Gasteiger partial charge in [-0.1, -0.05) is 30.7 Å². The number of sulfone groups is 1. The Morgan fingerprint density at radius 1 is 1.39 bits per heavy atom. The zero-order valence-corrected chi connectivity index (χ0v) is 11.0. The van der Waals surface area contributed by atoms with Crippen molar-refractivity contribution in [2.45, 2.75) is 30.4 Å². The number of carboxylic acids is 1. The summed E-state index contributed by atoms with van der Waals surface area (Å²) < 4.78 is 22.5. The molecule has 1 aliphatic carbocycles. The van der Waals surface area contributed by atoms with Gasteiger partial charge in [-0.2, -0.15) is 0 Å². The van der Waals surface area contributed by atoms with Crippen LogP contribution in [0.25, 0.3) is 0 Å². The summed E-state index contributed by atoms with van der Waals surface area (Å²) in [6.45, 7) is 0. The fraction of sp³-hybridized carbons (Fsp3) is 0.462. The minimum atomic E-state index is -3.10. The Hall–Kier alpha value is -1.36. The summed E-state index contributed by atoms with van der Waals surface area (Å²) in [6.07, 6.45) is 3.34. The van der Waals surface area contributed by atoms with Gasteiger partial charge in [0.15, 0.2) is 9.84 Å². The fourth-order valence-electron chi connectivity index (χ4n) is 2.42. The Morgan fingerprint density at radius 3 is 2.50 bits per heavy atom. The standard InChI is InChI=1S/C13H16O4S/c1-18(16,17)9-10-4-2-5-11(8-10)13(12(14)15)6-3-7-13/h2,4-5,8H,3,6-7,9H2,1H3,(H,14,15). The second-order valence-electron chi connectivity index (χ2n) is 5.01. The van der Waals surface area contributed by atoms with Crippen molar-refractivity contribution in [2.24, 2.45) is 0 Å². The summed E-state index contributed by atoms with van der Waals surface area (Å²) in [5.41, 5.74) is 0.581. The molecule has 0 spiro atoms. The minimum absolute atomic E-state index is 0.0451. The molecular formula is C13H16O4S. The molecule has 0 aromatic heterocycles. The van der Waals surface area contributed by atoms with Crippen LogP contribution in [0.2, 0.25) is 0 Å². The van der Waals surface area contributed by atoms with Crippen LogP contribution in [0, 0.1) is 0 Å². The molecule has 1 aromatic carbocycles. The van der Waals surface area contributed by atoms with E-state index in [0.29, 0.717) is 18.4 Å². The SMILES string of the molecule is CS(=O)(=O)Cc1cccc(C2(C(=O)O)CCC2)c1. The highest BCUT2D eigenvalue weighted by molar-refractivity contribution is 7.89. The van der Waals surface area contributed by atoms with E-state index in [1.165, 1.54) is 6.26 Å². The van der Waals surface area contributed by atoms with Gasteiger partial charge in [0.25, 0.3) is 0 Å². The van der Waals surface area contributed by atoms with Gasteiger partial charge in [-0.05, 0) is 24.0 Å². The summed E-state index contributed by atoms with van der Waals surface area (Å²) in [7, 11) is -3.10. The molecule has 0 heterocycles. The largest absolute Gasteiger partial charge is 0.481 e. The van der Waals surface area contributed by atoms with Crippen LogP contribution in [-0.2, 0) is 25.8 Å². The predicted molar refractivity (Wildman–Crippen MR) is 68.2 cm³/mol. The Bertz CT molecular complexity index is 570. The lowest BCUT2D eigenvalue weighted by atomic mass is 9.64. The van der Waals surface area contributed by atoms with Gasteiger partial charge in [-0.3, -0.25) is 4.79 Å². The first-order valence-corrected chi connectivity index (χ1v) is 7.90. The number of rotatable bonds is 4. The first kappa shape index (κ1) is 13.1. The average Bonchev–Trinajstić information content (AvgIpc) is 2.12. The van der Waals surface area contributed by atoms with Crippen LogP contribution in [0.1, 0.15) is 30.4 Å². The lowest BCUT2D eigenvalue weighted by Crippen LogP contribution is -2.42. The van der Waals surface area contributed by atoms with Crippen molar-refractivity contribution in [3.63, 3.8) is 0 Å². The van der Waals surface area contributed by atoms with E-state index in [1.807, 2.05) is 0 Å². The van der Waals surface area contributed by atoms with Gasteiger partial charge in [0.05, 0.1) is 11.2 Å². The maximum Gasteiger partial charge on any atom is 0.314 e. The van der Waals surface area contributed by atoms with Crippen LogP contribution < -0.4 is 0 Å². The van der Waals surface area contributed by atoms with Crippen LogP contribution in [0.3, 0.4) is 0 Å². The van der Waals surface area contributed by atoms with E-state index in [0.717, 1.165) is 12.0 Å². The van der Waals surface area contributed by atoms with Gasteiger partial charge in [0, 0.05) is 6.26 Å². The van der Waals surface area contributed by atoms with E-state index in [9.17, 15) is 18.3 Å². The van der Waals surface area contributed by atoms with Crippen LogP contribution in [-0.4, -0.2) is 25.7 Å². The maximum absolute atomic E-state index is 11.4. The van der Waals surface area contributed by atoms with Crippen molar-refractivity contribution in [2.75, 3.05) is 6.26 Å². The Morgan fingerprint density at radius 2 is 2.06 bits per heavy atom. The first-order chi connectivity index (χ1) is 8.33. The minimum Gasteiger partial charge on any atom is -0.481 e. The number of carboxylic acid groups (broad SMARTS) is 1. The Balaban J connectivity index is 2.35. The smallest absolute Gasteiger partial charge is 0.314 e. The fourth-order valence-corrected chi connectivity index (χ4v) is 3.20. The lowest BCUT2D eigenvalue weighted by Gasteiger charge is -2.38. The summed E-state index contributed by atoms with van der Waals surface area (Å²) in [5.74, 6) is -0.860. The molecular weight excluding hydrogens is 252 g/mol. The molecule has 0 radical (unpaired) electrons. The molecule has 1 N–H and O–H groups in total. The Labute approximate surface area is 107 Å². The van der Waals surface area contributed by atoms with Crippen molar-refractivity contribution in [1.82, 2.24) is 0 Å². The average molecular weight is 268 g/mol. The van der Waals surface area contributed by atoms with Gasteiger partial charge >= 0.3 is 5.97 Å². The number of aliphatic carboxylic acids is 1. The van der Waals surface area contributed by atoms with Gasteiger partial charge in [0.1, 0.15) is 0 Å². The first-order valence-electron chi connectivity index (χ1n) is 5.84. The molecule has 0 saturated heterocycles. The number of benzene rings is 1. The van der Waals surface area contributed by atoms with E-state index < -0.39 is 21.2 Å². The lowest BCUT2D eigenvalue weighted by molar-refractivity contribution is -0.147. The summed E-state index contributed by atoms with van der Waals surface area (Å²) in [5, 5.41) is 9.34. The van der Waals surface area contributed by atoms with E-state index in [4.69, 9.17) is 0 Å². The van der Waals surface area contributed by atoms with Crippen molar-refractivity contribution >= 4 is 15.8 Å². The quantitative estimate of drug-likeness (QED) is 0.902. The van der Waals surface area contributed by atoms with Gasteiger partial charge in [0.2, 0.25) is 0 Å². The van der Waals surface area contributed by atoms with E-state index in [1.54, 1.807) is 24.3 Å². The molecule has 5 heteroatoms. The third kappa shape index (κ3) is 2.41. The molecule has 0 atom stereocenters. The van der Waals surface area contributed by atoms with E-state index in [-0.39, 0.29) is 5.75 Å². The van der Waals surface area contributed by atoms with Gasteiger partial charge in [-0.15, -0.1) is 0 Å². The molecule has 98 valence electrons. The molecule has 1 saturated carbocycles. The highest BCUT2D eigenvalue weighted by atomic mass is 32.2. The zero-order chi connectivity index (χ0) is 13.4. The molecule has 0 bridgehead atoms. The molecule has 18 heavy (non-hydrogen) atoms. The topological polar surface area (TPSA) is 71.4 Å². The second kappa shape index (κ2) is 4.39. The third-order valence-electron chi connectivity index (χ3n) is 3.52. The normalized spacial score (nSPS) is 18.1. The van der Waals surface area contributed by atoms with E-state index >= 15 is 0 Å². The van der Waals surface area contributed by atoms with Crippen molar-refractivity contribution in [3.05, 3.63) is 35.4 Å². The van der Waals surface area contributed by atoms with Crippen molar-refractivity contribution < 1.29 is 18.3 Å². The van der Waals surface area contributed by atoms with Gasteiger partial charge in [-0.25, -0.2) is 8.42 Å². The molecule has 1 fully saturated rings. The second-order valence-corrected chi connectivity index (χ2v) is 7.15. The predicted octanol–water partition coefficient (Wildman–Crippen LogP) is 1.74. The molecule has 4 nitrogen and oxygen atoms in total. The summed E-state index contributed by atoms with van der Waals surface area (Å²) >= 11 is 0. The molecule has 1 aromatic rings. The van der Waals surface area contributed by atoms with E-state index in [2.05, 4.69) is 0 Å². The number of hydrogen-bond acceptors (Lipinski definition) is 3. The van der Waals surface area contributed by atoms with Crippen LogP contribution >= 0.6 is 0 Å². The molecule has 0 amide bonds. The summed E-state index contributed by atoms with van der Waals surface area (Å²) in [4.78, 5) is 11.4. The molecule has 2 rings (SSSR count). The third-order valence-corrected chi connectivity index (χ3v) is 4.38. The molecule has 0 unspecified atom stereocenters. The molecule has 1 aliphatic rings. The van der Waals surface area contributed by atoms with Crippen LogP contribution in [0.5, 0.6) is 0 Å². The van der Waals surface area contributed by atoms with Crippen LogP contribution in [0.15, 0.2) is 24.3 Å². The van der Waals surface area contributed by atoms with Crippen molar-refractivity contribution in [3.8, 4) is 0 Å². The number of hydrogen-bond donors (Lipinski definition) is 1. The highest BCUT2D eigenvalue weighted by Gasteiger charge is 2.45. The van der Waals surface area contributed by atoms with Crippen LogP contribution in [0.4, 0.5) is 0 Å². The molecule has 0 aliphatic heterocycles. The monoisotopic (exact) mass is 268 g/mol. The number of carbonyl (C=O) groups is 1. The van der Waals surface area contributed by atoms with Gasteiger partial charge < -0.3 is 5.11 Å². The highest BCUT2D eigenvalue weighted by Crippen LogP contribution is 2.44. The Kier molecular flexibility index (Phi) is 3.19. The zero-order valence-electron chi connectivity index (χ0n) is 10.2. The van der Waals surface area contributed by atoms with Crippen molar-refractivity contribution in [1.29, 1.82) is 0 Å². The maximum atomic E-state index is 11.4. The summed E-state index contributed by atoms with van der Waals surface area (Å²) in [6, 6.07) is 6.95.